The molecule has 0 amide bonds. The van der Waals surface area contributed by atoms with Gasteiger partial charge < -0.3 is 10.3 Å². The van der Waals surface area contributed by atoms with Crippen molar-refractivity contribution < 1.29 is 4.39 Å². The summed E-state index contributed by atoms with van der Waals surface area (Å²) in [4.78, 5) is 7.93. The number of hydrogen-bond donors (Lipinski definition) is 2. The molecule has 4 aromatic rings. The highest BCUT2D eigenvalue weighted by Gasteiger charge is 2.04. The molecule has 3 nitrogen and oxygen atoms in total. The Balaban J connectivity index is 1.48. The molecule has 0 aliphatic rings. The van der Waals surface area contributed by atoms with E-state index in [0.29, 0.717) is 6.54 Å². The van der Waals surface area contributed by atoms with Gasteiger partial charge in [-0.25, -0.2) is 9.37 Å². The largest absolute Gasteiger partial charge is 0.381 e. The van der Waals surface area contributed by atoms with Crippen molar-refractivity contribution >= 4 is 16.7 Å². The molecule has 118 valence electrons. The molecule has 0 aliphatic heterocycles. The first kappa shape index (κ1) is 14.5. The molecule has 0 saturated heterocycles. The highest BCUT2D eigenvalue weighted by molar-refractivity contribution is 5.79. The minimum absolute atomic E-state index is 0.214. The molecule has 1 aromatic heterocycles. The van der Waals surface area contributed by atoms with Crippen LogP contribution in [-0.4, -0.2) is 9.97 Å². The Bertz CT molecular complexity index is 923. The average molecular weight is 317 g/mol. The highest BCUT2D eigenvalue weighted by atomic mass is 19.1. The number of nitrogens with one attached hydrogen (secondary N) is 2. The number of nitrogens with zero attached hydrogens (tertiary/aromatic N) is 1. The van der Waals surface area contributed by atoms with Gasteiger partial charge in [-0.05, 0) is 54.1 Å². The molecule has 1 heterocycles. The van der Waals surface area contributed by atoms with E-state index in [2.05, 4.69) is 15.3 Å². The van der Waals surface area contributed by atoms with Crippen LogP contribution in [-0.2, 0) is 6.54 Å². The minimum atomic E-state index is -0.214. The van der Waals surface area contributed by atoms with Crippen molar-refractivity contribution in [3.63, 3.8) is 0 Å². The van der Waals surface area contributed by atoms with Gasteiger partial charge in [-0.3, -0.25) is 0 Å². The van der Waals surface area contributed by atoms with Crippen molar-refractivity contribution in [1.29, 1.82) is 0 Å². The van der Waals surface area contributed by atoms with Crippen LogP contribution >= 0.6 is 0 Å². The van der Waals surface area contributed by atoms with Crippen LogP contribution in [0.5, 0.6) is 0 Å². The monoisotopic (exact) mass is 317 g/mol. The molecular weight excluding hydrogens is 301 g/mol. The van der Waals surface area contributed by atoms with Crippen molar-refractivity contribution in [2.45, 2.75) is 6.54 Å². The van der Waals surface area contributed by atoms with Crippen LogP contribution in [0.4, 0.5) is 10.1 Å². The lowest BCUT2D eigenvalue weighted by Crippen LogP contribution is -1.99. The van der Waals surface area contributed by atoms with Crippen molar-refractivity contribution in [1.82, 2.24) is 9.97 Å². The Morgan fingerprint density at radius 1 is 0.875 bits per heavy atom. The fraction of sp³-hybridized carbons (Fsp3) is 0.0500. The molecular formula is C20H16FN3. The lowest BCUT2D eigenvalue weighted by molar-refractivity contribution is 0.627. The number of H-pyrrole nitrogens is 1. The van der Waals surface area contributed by atoms with Crippen LogP contribution < -0.4 is 5.32 Å². The van der Waals surface area contributed by atoms with Crippen molar-refractivity contribution in [2.75, 3.05) is 5.32 Å². The second kappa shape index (κ2) is 6.16. The average Bonchev–Trinajstić information content (AvgIpc) is 3.06. The fourth-order valence-electron chi connectivity index (χ4n) is 2.64. The number of anilines is 1. The molecule has 0 bridgehead atoms. The van der Waals surface area contributed by atoms with Crippen LogP contribution in [0, 0.1) is 5.82 Å². The Labute approximate surface area is 139 Å². The van der Waals surface area contributed by atoms with Gasteiger partial charge >= 0.3 is 0 Å². The third-order valence-corrected chi connectivity index (χ3v) is 3.96. The van der Waals surface area contributed by atoms with E-state index in [1.54, 1.807) is 12.1 Å². The number of benzene rings is 3. The quantitative estimate of drug-likeness (QED) is 0.557. The van der Waals surface area contributed by atoms with E-state index in [1.165, 1.54) is 12.1 Å². The maximum absolute atomic E-state index is 12.9. The van der Waals surface area contributed by atoms with Crippen LogP contribution in [0.2, 0.25) is 0 Å². The topological polar surface area (TPSA) is 40.7 Å². The summed E-state index contributed by atoms with van der Waals surface area (Å²) < 4.78 is 12.9. The van der Waals surface area contributed by atoms with Crippen LogP contribution in [0.25, 0.3) is 22.4 Å². The summed E-state index contributed by atoms with van der Waals surface area (Å²) in [5.74, 6) is 0.648. The summed E-state index contributed by atoms with van der Waals surface area (Å²) in [7, 11) is 0. The molecule has 2 N–H and O–H groups in total. The molecule has 0 unspecified atom stereocenters. The van der Waals surface area contributed by atoms with E-state index >= 15 is 0 Å². The number of aromatic nitrogens is 2. The first-order valence-corrected chi connectivity index (χ1v) is 7.81. The van der Waals surface area contributed by atoms with Gasteiger partial charge in [0.1, 0.15) is 11.6 Å². The van der Waals surface area contributed by atoms with Crippen molar-refractivity contribution in [3.05, 3.63) is 84.2 Å². The van der Waals surface area contributed by atoms with Gasteiger partial charge in [0.15, 0.2) is 0 Å². The first-order chi connectivity index (χ1) is 11.8. The molecule has 4 rings (SSSR count). The third kappa shape index (κ3) is 2.99. The van der Waals surface area contributed by atoms with Gasteiger partial charge in [0.05, 0.1) is 11.0 Å². The second-order valence-corrected chi connectivity index (χ2v) is 5.66. The summed E-state index contributed by atoms with van der Waals surface area (Å²) >= 11 is 0. The van der Waals surface area contributed by atoms with E-state index in [4.69, 9.17) is 0 Å². The summed E-state index contributed by atoms with van der Waals surface area (Å²) in [5.41, 5.74) is 5.09. The summed E-state index contributed by atoms with van der Waals surface area (Å²) in [6, 6.07) is 22.6. The predicted molar refractivity (Wildman–Crippen MR) is 95.3 cm³/mol. The van der Waals surface area contributed by atoms with E-state index < -0.39 is 0 Å². The second-order valence-electron chi connectivity index (χ2n) is 5.66. The number of rotatable bonds is 4. The molecule has 0 radical (unpaired) electrons. The van der Waals surface area contributed by atoms with E-state index in [1.807, 2.05) is 48.5 Å². The Kier molecular flexibility index (Phi) is 3.71. The Morgan fingerprint density at radius 2 is 1.62 bits per heavy atom. The van der Waals surface area contributed by atoms with E-state index in [9.17, 15) is 4.39 Å². The molecule has 3 aromatic carbocycles. The van der Waals surface area contributed by atoms with Gasteiger partial charge in [0, 0.05) is 17.8 Å². The fourth-order valence-corrected chi connectivity index (χ4v) is 2.64. The predicted octanol–water partition coefficient (Wildman–Crippen LogP) is 4.98. The summed E-state index contributed by atoms with van der Waals surface area (Å²) in [6.07, 6.45) is 0. The molecule has 0 aliphatic carbocycles. The molecule has 0 atom stereocenters. The smallest absolute Gasteiger partial charge is 0.138 e. The van der Waals surface area contributed by atoms with E-state index in [0.717, 1.165) is 33.7 Å². The minimum Gasteiger partial charge on any atom is -0.381 e. The van der Waals surface area contributed by atoms with Gasteiger partial charge in [-0.15, -0.1) is 0 Å². The van der Waals surface area contributed by atoms with Crippen molar-refractivity contribution in [2.24, 2.45) is 0 Å². The number of fused-ring (bicyclic) bond motifs is 1. The molecule has 0 fully saturated rings. The number of aromatic amines is 1. The van der Waals surface area contributed by atoms with Gasteiger partial charge in [0.25, 0.3) is 0 Å². The highest BCUT2D eigenvalue weighted by Crippen LogP contribution is 2.22. The normalized spacial score (nSPS) is 10.9. The van der Waals surface area contributed by atoms with Gasteiger partial charge in [-0.1, -0.05) is 24.3 Å². The Hall–Kier alpha value is -3.14. The first-order valence-electron chi connectivity index (χ1n) is 7.81. The lowest BCUT2D eigenvalue weighted by atomic mass is 10.2. The molecule has 4 heteroatoms. The maximum Gasteiger partial charge on any atom is 0.138 e. The zero-order chi connectivity index (χ0) is 16.4. The van der Waals surface area contributed by atoms with Crippen LogP contribution in [0.15, 0.2) is 72.8 Å². The van der Waals surface area contributed by atoms with Crippen molar-refractivity contribution in [3.8, 4) is 11.4 Å². The van der Waals surface area contributed by atoms with Gasteiger partial charge in [0.2, 0.25) is 0 Å². The number of hydrogen-bond acceptors (Lipinski definition) is 2. The van der Waals surface area contributed by atoms with Gasteiger partial charge in [-0.2, -0.15) is 0 Å². The lowest BCUT2D eigenvalue weighted by Gasteiger charge is -2.07. The Morgan fingerprint density at radius 3 is 2.38 bits per heavy atom. The maximum atomic E-state index is 12.9. The molecule has 24 heavy (non-hydrogen) atoms. The van der Waals surface area contributed by atoms with Crippen LogP contribution in [0.1, 0.15) is 5.56 Å². The zero-order valence-corrected chi connectivity index (χ0v) is 13.0. The van der Waals surface area contributed by atoms with Crippen LogP contribution in [0.3, 0.4) is 0 Å². The number of halogens is 1. The zero-order valence-electron chi connectivity index (χ0n) is 13.0. The summed E-state index contributed by atoms with van der Waals surface area (Å²) in [5, 5.41) is 3.33. The number of para-hydroxylation sites is 2. The summed E-state index contributed by atoms with van der Waals surface area (Å²) in [6.45, 7) is 0.657. The van der Waals surface area contributed by atoms with E-state index in [-0.39, 0.29) is 5.82 Å². The number of imidazole rings is 1. The molecule has 0 saturated carbocycles. The standard InChI is InChI=1S/C20H16FN3/c21-16-9-5-14(6-10-16)13-22-17-11-7-15(8-12-17)20-23-18-3-1-2-4-19(18)24-20/h1-12,22H,13H2,(H,23,24). The third-order valence-electron chi connectivity index (χ3n) is 3.96. The molecule has 0 spiro atoms. The SMILES string of the molecule is Fc1ccc(CNc2ccc(-c3nc4ccccc4[nH]3)cc2)cc1.